The van der Waals surface area contributed by atoms with Gasteiger partial charge in [-0.15, -0.1) is 11.6 Å². The van der Waals surface area contributed by atoms with Gasteiger partial charge >= 0.3 is 0 Å². The lowest BCUT2D eigenvalue weighted by Gasteiger charge is -2.13. The normalized spacial score (nSPS) is 12.5. The van der Waals surface area contributed by atoms with Gasteiger partial charge in [-0.05, 0) is 48.4 Å². The van der Waals surface area contributed by atoms with Gasteiger partial charge in [0.15, 0.2) is 0 Å². The minimum atomic E-state index is -0.746. The zero-order valence-electron chi connectivity index (χ0n) is 9.85. The molecule has 0 saturated heterocycles. The van der Waals surface area contributed by atoms with Gasteiger partial charge < -0.3 is 0 Å². The fraction of sp³-hybridized carbons (Fsp3) is 0.143. The van der Waals surface area contributed by atoms with Crippen LogP contribution in [0.1, 0.15) is 22.1 Å². The van der Waals surface area contributed by atoms with Crippen LogP contribution in [0.3, 0.4) is 0 Å². The molecule has 0 saturated carbocycles. The van der Waals surface area contributed by atoms with Crippen molar-refractivity contribution in [1.82, 2.24) is 0 Å². The van der Waals surface area contributed by atoms with E-state index in [4.69, 9.17) is 11.6 Å². The molecule has 0 aliphatic rings. The predicted molar refractivity (Wildman–Crippen MR) is 80.6 cm³/mol. The molecule has 2 aromatic rings. The van der Waals surface area contributed by atoms with Crippen LogP contribution in [0.5, 0.6) is 0 Å². The highest BCUT2D eigenvalue weighted by Crippen LogP contribution is 2.34. The first-order chi connectivity index (χ1) is 8.88. The van der Waals surface area contributed by atoms with Crippen molar-refractivity contribution in [3.05, 3.63) is 67.6 Å². The molecule has 19 heavy (non-hydrogen) atoms. The van der Waals surface area contributed by atoms with Crippen molar-refractivity contribution in [3.8, 4) is 0 Å². The van der Waals surface area contributed by atoms with Crippen molar-refractivity contribution in [2.24, 2.45) is 0 Å². The van der Waals surface area contributed by atoms with Crippen LogP contribution in [0.15, 0.2) is 39.3 Å². The maximum Gasteiger partial charge on any atom is 0.128 e. The van der Waals surface area contributed by atoms with Crippen molar-refractivity contribution in [3.63, 3.8) is 0 Å². The zero-order valence-corrected chi connectivity index (χ0v) is 13.8. The van der Waals surface area contributed by atoms with Crippen molar-refractivity contribution in [2.45, 2.75) is 12.3 Å². The number of hydrogen-bond donors (Lipinski definition) is 0. The van der Waals surface area contributed by atoms with Gasteiger partial charge in [0.25, 0.3) is 0 Å². The minimum Gasteiger partial charge on any atom is -0.207 e. The van der Waals surface area contributed by atoms with Crippen LogP contribution in [-0.2, 0) is 0 Å². The Morgan fingerprint density at radius 2 is 1.53 bits per heavy atom. The van der Waals surface area contributed by atoms with Gasteiger partial charge in [0.2, 0.25) is 0 Å². The molecule has 1 unspecified atom stereocenters. The van der Waals surface area contributed by atoms with Crippen molar-refractivity contribution >= 4 is 43.5 Å². The van der Waals surface area contributed by atoms with Crippen LogP contribution >= 0.6 is 43.5 Å². The van der Waals surface area contributed by atoms with Crippen molar-refractivity contribution in [2.75, 3.05) is 0 Å². The summed E-state index contributed by atoms with van der Waals surface area (Å²) in [6, 6.07) is 7.71. The van der Waals surface area contributed by atoms with Gasteiger partial charge in [-0.2, -0.15) is 0 Å². The second-order valence-corrected chi connectivity index (χ2v) is 6.46. The fourth-order valence-corrected chi connectivity index (χ4v) is 3.38. The first kappa shape index (κ1) is 14.9. The molecule has 5 heteroatoms. The molecule has 0 bridgehead atoms. The first-order valence-electron chi connectivity index (χ1n) is 5.44. The molecule has 0 nitrogen and oxygen atoms in total. The third-order valence-electron chi connectivity index (χ3n) is 2.73. The molecule has 0 aliphatic heterocycles. The lowest BCUT2D eigenvalue weighted by atomic mass is 10.0. The highest BCUT2D eigenvalue weighted by Gasteiger charge is 2.18. The molecule has 0 radical (unpaired) electrons. The van der Waals surface area contributed by atoms with Gasteiger partial charge in [-0.1, -0.05) is 31.9 Å². The Balaban J connectivity index is 2.49. The lowest BCUT2D eigenvalue weighted by Crippen LogP contribution is -2.00. The van der Waals surface area contributed by atoms with Gasteiger partial charge in [0, 0.05) is 14.5 Å². The summed E-state index contributed by atoms with van der Waals surface area (Å²) >= 11 is 12.9. The van der Waals surface area contributed by atoms with Crippen molar-refractivity contribution in [1.29, 1.82) is 0 Å². The van der Waals surface area contributed by atoms with E-state index >= 15 is 0 Å². The zero-order chi connectivity index (χ0) is 14.2. The summed E-state index contributed by atoms with van der Waals surface area (Å²) in [5.74, 6) is -0.967. The first-order valence-corrected chi connectivity index (χ1v) is 7.46. The summed E-state index contributed by atoms with van der Waals surface area (Å²) in [4.78, 5) is 0. The second kappa shape index (κ2) is 5.90. The maximum atomic E-state index is 13.9. The van der Waals surface area contributed by atoms with E-state index in [-0.39, 0.29) is 11.1 Å². The molecule has 1 atom stereocenters. The summed E-state index contributed by atoms with van der Waals surface area (Å²) in [6.07, 6.45) is 0. The van der Waals surface area contributed by atoms with Crippen LogP contribution in [0.25, 0.3) is 0 Å². The summed E-state index contributed by atoms with van der Waals surface area (Å²) in [5.41, 5.74) is 1.08. The highest BCUT2D eigenvalue weighted by molar-refractivity contribution is 9.11. The van der Waals surface area contributed by atoms with E-state index in [2.05, 4.69) is 31.9 Å². The van der Waals surface area contributed by atoms with Crippen LogP contribution in [0.2, 0.25) is 0 Å². The Morgan fingerprint density at radius 1 is 0.947 bits per heavy atom. The number of halogens is 5. The molecule has 0 N–H and O–H groups in total. The van der Waals surface area contributed by atoms with Gasteiger partial charge in [-0.3, -0.25) is 0 Å². The average Bonchev–Trinajstić information content (AvgIpc) is 2.31. The molecule has 0 amide bonds. The van der Waals surface area contributed by atoms with E-state index < -0.39 is 17.0 Å². The number of benzene rings is 2. The van der Waals surface area contributed by atoms with E-state index in [1.165, 1.54) is 6.92 Å². The van der Waals surface area contributed by atoms with Crippen LogP contribution in [0, 0.1) is 18.6 Å². The highest BCUT2D eigenvalue weighted by atomic mass is 79.9. The Labute approximate surface area is 132 Å². The average molecular weight is 410 g/mol. The molecule has 0 heterocycles. The van der Waals surface area contributed by atoms with Crippen LogP contribution in [-0.4, -0.2) is 0 Å². The molecule has 2 aromatic carbocycles. The molecule has 0 spiro atoms. The van der Waals surface area contributed by atoms with E-state index in [1.807, 2.05) is 6.07 Å². The van der Waals surface area contributed by atoms with Crippen molar-refractivity contribution < 1.29 is 8.78 Å². The molecular weight excluding hydrogens is 401 g/mol. The standard InChI is InChI=1S/C14H9Br2ClF2/c1-7-2-13(19)11(6-12(7)18)14(17)8-3-9(15)5-10(16)4-8/h2-6,14H,1H3. The van der Waals surface area contributed by atoms with E-state index in [0.717, 1.165) is 21.1 Å². The van der Waals surface area contributed by atoms with Gasteiger partial charge in [0.1, 0.15) is 11.6 Å². The Morgan fingerprint density at radius 3 is 2.11 bits per heavy atom. The predicted octanol–water partition coefficient (Wildman–Crippen LogP) is 6.13. The number of rotatable bonds is 2. The quantitative estimate of drug-likeness (QED) is 0.523. The topological polar surface area (TPSA) is 0 Å². The smallest absolute Gasteiger partial charge is 0.128 e. The summed E-state index contributed by atoms with van der Waals surface area (Å²) in [7, 11) is 0. The van der Waals surface area contributed by atoms with Gasteiger partial charge in [-0.25, -0.2) is 8.78 Å². The third kappa shape index (κ3) is 3.36. The molecular formula is C14H9Br2ClF2. The molecule has 100 valence electrons. The van der Waals surface area contributed by atoms with Crippen LogP contribution < -0.4 is 0 Å². The van der Waals surface area contributed by atoms with Crippen LogP contribution in [0.4, 0.5) is 8.78 Å². The summed E-state index contributed by atoms with van der Waals surface area (Å²) < 4.78 is 29.1. The number of alkyl halides is 1. The summed E-state index contributed by atoms with van der Waals surface area (Å²) in [6.45, 7) is 1.52. The number of hydrogen-bond acceptors (Lipinski definition) is 0. The van der Waals surface area contributed by atoms with Gasteiger partial charge in [0.05, 0.1) is 5.38 Å². The Hall–Kier alpha value is -0.450. The maximum absolute atomic E-state index is 13.9. The van der Waals surface area contributed by atoms with E-state index in [9.17, 15) is 8.78 Å². The Kier molecular flexibility index (Phi) is 4.64. The Bertz CT molecular complexity index is 609. The number of aryl methyl sites for hydroxylation is 1. The monoisotopic (exact) mass is 408 g/mol. The minimum absolute atomic E-state index is 0.134. The molecule has 0 fully saturated rings. The molecule has 0 aromatic heterocycles. The molecule has 2 rings (SSSR count). The lowest BCUT2D eigenvalue weighted by molar-refractivity contribution is 0.580. The second-order valence-electron chi connectivity index (χ2n) is 4.19. The van der Waals surface area contributed by atoms with E-state index in [1.54, 1.807) is 12.1 Å². The largest absolute Gasteiger partial charge is 0.207 e. The summed E-state index contributed by atoms with van der Waals surface area (Å²) in [5, 5.41) is -0.746. The van der Waals surface area contributed by atoms with E-state index in [0.29, 0.717) is 5.56 Å². The third-order valence-corrected chi connectivity index (χ3v) is 4.13. The fourth-order valence-electron chi connectivity index (χ4n) is 1.76. The molecule has 0 aliphatic carbocycles. The SMILES string of the molecule is Cc1cc(F)c(C(Cl)c2cc(Br)cc(Br)c2)cc1F.